The minimum atomic E-state index is -0.513. The molecule has 0 saturated heterocycles. The highest BCUT2D eigenvalue weighted by Crippen LogP contribution is 2.13. The summed E-state index contributed by atoms with van der Waals surface area (Å²) in [6, 6.07) is 4.47. The lowest BCUT2D eigenvalue weighted by Crippen LogP contribution is -2.35. The van der Waals surface area contributed by atoms with E-state index in [1.807, 2.05) is 13.8 Å². The number of carbonyl (C=O) groups is 1. The highest BCUT2D eigenvalue weighted by Gasteiger charge is 2.18. The van der Waals surface area contributed by atoms with Crippen LogP contribution >= 0.6 is 12.2 Å². The molecule has 1 aromatic carbocycles. The topological polar surface area (TPSA) is 46.3 Å². The number of carbonyl (C=O) groups excluding carboxylic acids is 1. The minimum Gasteiger partial charge on any atom is -0.393 e. The van der Waals surface area contributed by atoms with E-state index in [2.05, 4.69) is 0 Å². The van der Waals surface area contributed by atoms with Crippen molar-refractivity contribution >= 4 is 23.1 Å². The molecule has 0 aliphatic carbocycles. The Hall–Kier alpha value is -1.49. The van der Waals surface area contributed by atoms with E-state index in [0.717, 1.165) is 5.56 Å². The zero-order valence-corrected chi connectivity index (χ0v) is 11.6. The number of nitrogens with two attached hydrogens (primary N) is 1. The maximum absolute atomic E-state index is 13.6. The summed E-state index contributed by atoms with van der Waals surface area (Å²) in [6.45, 7) is 4.02. The molecule has 0 heterocycles. The van der Waals surface area contributed by atoms with E-state index in [1.165, 1.54) is 11.0 Å². The zero-order chi connectivity index (χ0) is 13.9. The van der Waals surface area contributed by atoms with Gasteiger partial charge in [0.1, 0.15) is 5.82 Å². The molecule has 0 saturated carbocycles. The lowest BCUT2D eigenvalue weighted by atomic mass is 10.1. The largest absolute Gasteiger partial charge is 0.393 e. The average molecular weight is 268 g/mol. The second kappa shape index (κ2) is 5.91. The Kier molecular flexibility index (Phi) is 4.78. The first kappa shape index (κ1) is 14.6. The molecule has 1 amide bonds. The van der Waals surface area contributed by atoms with Gasteiger partial charge in [0.15, 0.2) is 0 Å². The number of aryl methyl sites for hydroxylation is 1. The molecule has 0 aromatic heterocycles. The van der Waals surface area contributed by atoms with E-state index in [4.69, 9.17) is 18.0 Å². The van der Waals surface area contributed by atoms with Crippen LogP contribution in [0.5, 0.6) is 0 Å². The summed E-state index contributed by atoms with van der Waals surface area (Å²) < 4.78 is 13.6. The normalized spacial score (nSPS) is 12.0. The molecule has 5 heteroatoms. The molecule has 18 heavy (non-hydrogen) atoms. The number of hydrogen-bond acceptors (Lipinski definition) is 2. The third-order valence-electron chi connectivity index (χ3n) is 2.73. The van der Waals surface area contributed by atoms with Gasteiger partial charge in [-0.25, -0.2) is 4.39 Å². The fourth-order valence-electron chi connectivity index (χ4n) is 1.59. The van der Waals surface area contributed by atoms with E-state index < -0.39 is 5.82 Å². The average Bonchev–Trinajstić information content (AvgIpc) is 2.31. The van der Waals surface area contributed by atoms with Crippen LogP contribution in [0.3, 0.4) is 0 Å². The van der Waals surface area contributed by atoms with Crippen LogP contribution < -0.4 is 5.73 Å². The smallest absolute Gasteiger partial charge is 0.256 e. The van der Waals surface area contributed by atoms with Gasteiger partial charge in [0.05, 0.1) is 10.6 Å². The fourth-order valence-corrected chi connectivity index (χ4v) is 1.67. The lowest BCUT2D eigenvalue weighted by molar-refractivity contribution is 0.0782. The predicted molar refractivity (Wildman–Crippen MR) is 74.0 cm³/mol. The highest BCUT2D eigenvalue weighted by molar-refractivity contribution is 7.80. The number of hydrogen-bond donors (Lipinski definition) is 1. The Morgan fingerprint density at radius 2 is 2.17 bits per heavy atom. The van der Waals surface area contributed by atoms with E-state index in [9.17, 15) is 9.18 Å². The van der Waals surface area contributed by atoms with Gasteiger partial charge in [0, 0.05) is 19.5 Å². The van der Waals surface area contributed by atoms with Crippen molar-refractivity contribution in [2.75, 3.05) is 13.6 Å². The van der Waals surface area contributed by atoms with Crippen molar-refractivity contribution < 1.29 is 9.18 Å². The Labute approximate surface area is 112 Å². The van der Waals surface area contributed by atoms with Crippen molar-refractivity contribution in [1.82, 2.24) is 4.90 Å². The van der Waals surface area contributed by atoms with Crippen molar-refractivity contribution in [3.63, 3.8) is 0 Å². The van der Waals surface area contributed by atoms with Crippen molar-refractivity contribution in [3.8, 4) is 0 Å². The minimum absolute atomic E-state index is 0.0765. The number of halogens is 1. The molecular formula is C13H17FN2OS. The number of nitrogens with zero attached hydrogens (tertiary/aromatic N) is 1. The van der Waals surface area contributed by atoms with Crippen LogP contribution in [-0.2, 0) is 0 Å². The maximum Gasteiger partial charge on any atom is 0.256 e. The Bertz CT molecular complexity index is 476. The summed E-state index contributed by atoms with van der Waals surface area (Å²) in [5, 5.41) is 0. The van der Waals surface area contributed by atoms with Crippen LogP contribution in [-0.4, -0.2) is 29.4 Å². The lowest BCUT2D eigenvalue weighted by Gasteiger charge is -2.21. The van der Waals surface area contributed by atoms with Crippen LogP contribution in [0.1, 0.15) is 22.8 Å². The van der Waals surface area contributed by atoms with Gasteiger partial charge in [0.25, 0.3) is 5.91 Å². The molecule has 1 aromatic rings. The van der Waals surface area contributed by atoms with Gasteiger partial charge in [-0.3, -0.25) is 4.79 Å². The third kappa shape index (κ3) is 3.50. The quantitative estimate of drug-likeness (QED) is 0.851. The number of benzene rings is 1. The molecule has 0 spiro atoms. The molecule has 1 atom stereocenters. The highest BCUT2D eigenvalue weighted by atomic mass is 32.1. The molecule has 2 N–H and O–H groups in total. The molecule has 1 unspecified atom stereocenters. The molecule has 0 radical (unpaired) electrons. The molecular weight excluding hydrogens is 251 g/mol. The first-order chi connectivity index (χ1) is 8.32. The van der Waals surface area contributed by atoms with Gasteiger partial charge in [-0.15, -0.1) is 0 Å². The summed E-state index contributed by atoms with van der Waals surface area (Å²) in [6.07, 6.45) is 0. The predicted octanol–water partition coefficient (Wildman–Crippen LogP) is 2.13. The molecule has 1 rings (SSSR count). The van der Waals surface area contributed by atoms with Crippen LogP contribution in [0, 0.1) is 18.7 Å². The second-order valence-corrected chi connectivity index (χ2v) is 4.94. The second-order valence-electron chi connectivity index (χ2n) is 4.47. The Balaban J connectivity index is 2.86. The van der Waals surface area contributed by atoms with Crippen molar-refractivity contribution in [2.24, 2.45) is 11.7 Å². The number of thiocarbonyl (C=S) groups is 1. The van der Waals surface area contributed by atoms with E-state index in [0.29, 0.717) is 11.5 Å². The first-order valence-corrected chi connectivity index (χ1v) is 6.04. The summed E-state index contributed by atoms with van der Waals surface area (Å²) in [7, 11) is 1.61. The Morgan fingerprint density at radius 3 is 2.72 bits per heavy atom. The van der Waals surface area contributed by atoms with Crippen LogP contribution in [0.25, 0.3) is 0 Å². The van der Waals surface area contributed by atoms with Gasteiger partial charge in [-0.2, -0.15) is 0 Å². The molecule has 0 bridgehead atoms. The van der Waals surface area contributed by atoms with Gasteiger partial charge >= 0.3 is 0 Å². The fraction of sp³-hybridized carbons (Fsp3) is 0.385. The van der Waals surface area contributed by atoms with Gasteiger partial charge in [0.2, 0.25) is 0 Å². The number of amides is 1. The molecule has 0 fully saturated rings. The molecule has 0 aliphatic rings. The summed E-state index contributed by atoms with van der Waals surface area (Å²) >= 11 is 4.85. The standard InChI is InChI=1S/C13H17FN2OS/c1-8-4-5-11(14)10(6-8)13(17)16(3)7-9(2)12(15)18/h4-6,9H,7H2,1-3H3,(H2,15,18). The Morgan fingerprint density at radius 1 is 1.56 bits per heavy atom. The van der Waals surface area contributed by atoms with Crippen LogP contribution in [0.4, 0.5) is 4.39 Å². The molecule has 98 valence electrons. The molecule has 0 aliphatic heterocycles. The summed E-state index contributed by atoms with van der Waals surface area (Å²) in [4.78, 5) is 13.9. The van der Waals surface area contributed by atoms with Gasteiger partial charge < -0.3 is 10.6 Å². The van der Waals surface area contributed by atoms with Crippen LogP contribution in [0.15, 0.2) is 18.2 Å². The van der Waals surface area contributed by atoms with E-state index in [-0.39, 0.29) is 17.4 Å². The monoisotopic (exact) mass is 268 g/mol. The maximum atomic E-state index is 13.6. The first-order valence-electron chi connectivity index (χ1n) is 5.64. The SMILES string of the molecule is Cc1ccc(F)c(C(=O)N(C)CC(C)C(N)=S)c1. The summed E-state index contributed by atoms with van der Waals surface area (Å²) in [5.74, 6) is -0.971. The zero-order valence-electron chi connectivity index (χ0n) is 10.7. The molecule has 3 nitrogen and oxygen atoms in total. The van der Waals surface area contributed by atoms with Crippen LogP contribution in [0.2, 0.25) is 0 Å². The van der Waals surface area contributed by atoms with E-state index >= 15 is 0 Å². The van der Waals surface area contributed by atoms with Gasteiger partial charge in [-0.1, -0.05) is 30.8 Å². The number of rotatable bonds is 4. The van der Waals surface area contributed by atoms with Crippen molar-refractivity contribution in [2.45, 2.75) is 13.8 Å². The van der Waals surface area contributed by atoms with E-state index in [1.54, 1.807) is 19.2 Å². The van der Waals surface area contributed by atoms with Crippen molar-refractivity contribution in [3.05, 3.63) is 35.1 Å². The van der Waals surface area contributed by atoms with Gasteiger partial charge in [-0.05, 0) is 19.1 Å². The van der Waals surface area contributed by atoms with Crippen molar-refractivity contribution in [1.29, 1.82) is 0 Å². The summed E-state index contributed by atoms with van der Waals surface area (Å²) in [5.41, 5.74) is 6.42. The third-order valence-corrected chi connectivity index (χ3v) is 3.13.